The van der Waals surface area contributed by atoms with E-state index in [1.807, 2.05) is 24.3 Å². The van der Waals surface area contributed by atoms with Gasteiger partial charge in [-0.2, -0.15) is 0 Å². The number of rotatable bonds is 9. The molecule has 1 aromatic rings. The minimum atomic E-state index is -0.0706. The van der Waals surface area contributed by atoms with Gasteiger partial charge in [-0.1, -0.05) is 31.9 Å². The Morgan fingerprint density at radius 1 is 1.18 bits per heavy atom. The van der Waals surface area contributed by atoms with Gasteiger partial charge in [0.2, 0.25) is 0 Å². The third-order valence-electron chi connectivity index (χ3n) is 4.16. The minimum Gasteiger partial charge on any atom is -0.497 e. The molecule has 0 radical (unpaired) electrons. The Bertz CT molecular complexity index is 418. The maximum absolute atomic E-state index is 6.16. The number of methoxy groups -OCH3 is 2. The highest BCUT2D eigenvalue weighted by Crippen LogP contribution is 2.27. The monoisotopic (exact) mass is 308 g/mol. The van der Waals surface area contributed by atoms with Crippen molar-refractivity contribution in [1.29, 1.82) is 0 Å². The van der Waals surface area contributed by atoms with Gasteiger partial charge in [0.05, 0.1) is 25.9 Å². The van der Waals surface area contributed by atoms with Gasteiger partial charge in [-0.15, -0.1) is 0 Å². The predicted octanol–water partition coefficient (Wildman–Crippen LogP) is 3.92. The summed E-state index contributed by atoms with van der Waals surface area (Å²) in [5.74, 6) is 0.869. The van der Waals surface area contributed by atoms with Crippen molar-refractivity contribution in [2.24, 2.45) is 0 Å². The van der Waals surface area contributed by atoms with Crippen LogP contribution < -0.4 is 4.74 Å². The number of unbranched alkanes of at least 4 members (excludes halogenated alkanes) is 1. The van der Waals surface area contributed by atoms with Crippen LogP contribution in [0, 0.1) is 0 Å². The van der Waals surface area contributed by atoms with E-state index in [1.165, 1.54) is 6.42 Å². The lowest BCUT2D eigenvalue weighted by atomic mass is 10.0. The van der Waals surface area contributed by atoms with Gasteiger partial charge in [-0.25, -0.2) is 0 Å². The first-order valence-electron chi connectivity index (χ1n) is 8.19. The van der Waals surface area contributed by atoms with Crippen LogP contribution in [0.25, 0.3) is 0 Å². The van der Waals surface area contributed by atoms with E-state index in [9.17, 15) is 0 Å². The molecule has 124 valence electrons. The first-order chi connectivity index (χ1) is 10.8. The van der Waals surface area contributed by atoms with Gasteiger partial charge in [0.15, 0.2) is 6.29 Å². The second-order valence-electron chi connectivity index (χ2n) is 5.76. The molecule has 0 saturated carbocycles. The highest BCUT2D eigenvalue weighted by molar-refractivity contribution is 5.26. The Kier molecular flexibility index (Phi) is 7.16. The summed E-state index contributed by atoms with van der Waals surface area (Å²) in [4.78, 5) is 0. The van der Waals surface area contributed by atoms with E-state index in [0.29, 0.717) is 6.61 Å². The fourth-order valence-electron chi connectivity index (χ4n) is 2.79. The van der Waals surface area contributed by atoms with Crippen molar-refractivity contribution in [2.75, 3.05) is 14.2 Å². The summed E-state index contributed by atoms with van der Waals surface area (Å²) in [5.41, 5.74) is 1.16. The number of benzene rings is 1. The number of hydrogen-bond acceptors (Lipinski definition) is 4. The summed E-state index contributed by atoms with van der Waals surface area (Å²) in [6.45, 7) is 2.81. The van der Waals surface area contributed by atoms with Crippen molar-refractivity contribution >= 4 is 0 Å². The van der Waals surface area contributed by atoms with Crippen LogP contribution in [0.3, 0.4) is 0 Å². The van der Waals surface area contributed by atoms with Crippen molar-refractivity contribution in [3.8, 4) is 5.75 Å². The second-order valence-corrected chi connectivity index (χ2v) is 5.76. The topological polar surface area (TPSA) is 36.9 Å². The van der Waals surface area contributed by atoms with Crippen LogP contribution in [-0.4, -0.2) is 32.7 Å². The van der Waals surface area contributed by atoms with E-state index in [0.717, 1.165) is 37.0 Å². The molecule has 1 heterocycles. The third kappa shape index (κ3) is 4.97. The third-order valence-corrected chi connectivity index (χ3v) is 4.16. The fourth-order valence-corrected chi connectivity index (χ4v) is 2.79. The molecule has 1 unspecified atom stereocenters. The van der Waals surface area contributed by atoms with E-state index in [2.05, 4.69) is 6.92 Å². The molecule has 0 aromatic heterocycles. The van der Waals surface area contributed by atoms with Crippen LogP contribution >= 0.6 is 0 Å². The zero-order valence-electron chi connectivity index (χ0n) is 13.9. The van der Waals surface area contributed by atoms with Crippen molar-refractivity contribution in [3.05, 3.63) is 29.8 Å². The Morgan fingerprint density at radius 3 is 2.55 bits per heavy atom. The maximum atomic E-state index is 6.16. The molecule has 2 rings (SSSR count). The lowest BCUT2D eigenvalue weighted by Gasteiger charge is -2.24. The molecule has 1 saturated heterocycles. The molecular weight excluding hydrogens is 280 g/mol. The normalized spacial score (nSPS) is 22.7. The van der Waals surface area contributed by atoms with Gasteiger partial charge in [0, 0.05) is 13.5 Å². The molecule has 0 spiro atoms. The molecule has 0 amide bonds. The summed E-state index contributed by atoms with van der Waals surface area (Å²) >= 11 is 0. The highest BCUT2D eigenvalue weighted by atomic mass is 16.7. The zero-order valence-corrected chi connectivity index (χ0v) is 13.9. The Labute approximate surface area is 133 Å². The fraction of sp³-hybridized carbons (Fsp3) is 0.667. The lowest BCUT2D eigenvalue weighted by molar-refractivity contribution is -0.152. The van der Waals surface area contributed by atoms with E-state index >= 15 is 0 Å². The Hall–Kier alpha value is -1.10. The molecule has 22 heavy (non-hydrogen) atoms. The van der Waals surface area contributed by atoms with Crippen molar-refractivity contribution < 1.29 is 18.9 Å². The van der Waals surface area contributed by atoms with Gasteiger partial charge < -0.3 is 18.9 Å². The molecular formula is C18H28O4. The van der Waals surface area contributed by atoms with Gasteiger partial charge in [-0.05, 0) is 30.5 Å². The first kappa shape index (κ1) is 17.3. The highest BCUT2D eigenvalue weighted by Gasteiger charge is 2.32. The van der Waals surface area contributed by atoms with E-state index in [1.54, 1.807) is 14.2 Å². The number of ether oxygens (including phenoxy) is 4. The average molecular weight is 308 g/mol. The Balaban J connectivity index is 1.88. The molecule has 4 heteroatoms. The standard InChI is InChI=1S/C18H28O4/c1-4-5-6-16(17-11-12-18(20-3)22-17)21-13-14-7-9-15(19-2)10-8-14/h7-10,16-18H,4-6,11-13H2,1-3H3/t16-,17-,18?/m0/s1. The van der Waals surface area contributed by atoms with Crippen LogP contribution in [0.1, 0.15) is 44.6 Å². The summed E-state index contributed by atoms with van der Waals surface area (Å²) in [6, 6.07) is 8.02. The Morgan fingerprint density at radius 2 is 1.95 bits per heavy atom. The smallest absolute Gasteiger partial charge is 0.157 e. The molecule has 1 fully saturated rings. The lowest BCUT2D eigenvalue weighted by Crippen LogP contribution is -2.29. The summed E-state index contributed by atoms with van der Waals surface area (Å²) in [5, 5.41) is 0. The quantitative estimate of drug-likeness (QED) is 0.693. The number of hydrogen-bond donors (Lipinski definition) is 0. The predicted molar refractivity (Wildman–Crippen MR) is 86.0 cm³/mol. The van der Waals surface area contributed by atoms with E-state index in [4.69, 9.17) is 18.9 Å². The molecule has 0 N–H and O–H groups in total. The zero-order chi connectivity index (χ0) is 15.8. The summed E-state index contributed by atoms with van der Waals surface area (Å²) < 4.78 is 22.6. The van der Waals surface area contributed by atoms with Gasteiger partial charge in [-0.3, -0.25) is 0 Å². The summed E-state index contributed by atoms with van der Waals surface area (Å²) in [7, 11) is 3.38. The van der Waals surface area contributed by atoms with Gasteiger partial charge in [0.1, 0.15) is 5.75 Å². The average Bonchev–Trinajstić information content (AvgIpc) is 3.04. The van der Waals surface area contributed by atoms with Crippen molar-refractivity contribution in [1.82, 2.24) is 0 Å². The van der Waals surface area contributed by atoms with Crippen molar-refractivity contribution in [2.45, 2.75) is 64.1 Å². The molecule has 1 aliphatic heterocycles. The second kappa shape index (κ2) is 9.13. The molecule has 1 aliphatic rings. The van der Waals surface area contributed by atoms with Crippen LogP contribution in [0.5, 0.6) is 5.75 Å². The van der Waals surface area contributed by atoms with Crippen LogP contribution in [0.15, 0.2) is 24.3 Å². The van der Waals surface area contributed by atoms with Crippen molar-refractivity contribution in [3.63, 3.8) is 0 Å². The van der Waals surface area contributed by atoms with Gasteiger partial charge >= 0.3 is 0 Å². The molecule has 4 nitrogen and oxygen atoms in total. The maximum Gasteiger partial charge on any atom is 0.157 e. The van der Waals surface area contributed by atoms with Gasteiger partial charge in [0.25, 0.3) is 0 Å². The van der Waals surface area contributed by atoms with Crippen LogP contribution in [0.2, 0.25) is 0 Å². The van der Waals surface area contributed by atoms with E-state index in [-0.39, 0.29) is 18.5 Å². The largest absolute Gasteiger partial charge is 0.497 e. The van der Waals surface area contributed by atoms with Crippen LogP contribution in [0.4, 0.5) is 0 Å². The molecule has 1 aromatic carbocycles. The summed E-state index contributed by atoms with van der Waals surface area (Å²) in [6.07, 6.45) is 5.54. The molecule has 0 aliphatic carbocycles. The SMILES string of the molecule is CCCC[C@H](OCc1ccc(OC)cc1)[C@@H]1CCC(OC)O1. The molecule has 3 atom stereocenters. The van der Waals surface area contributed by atoms with Crippen LogP contribution in [-0.2, 0) is 20.8 Å². The first-order valence-corrected chi connectivity index (χ1v) is 8.19. The minimum absolute atomic E-state index is 0.0706. The molecule has 0 bridgehead atoms. The van der Waals surface area contributed by atoms with E-state index < -0.39 is 0 Å².